The first-order chi connectivity index (χ1) is 10.5. The number of nitrogens with one attached hydrogen (secondary N) is 1. The molecule has 1 atom stereocenters. The topological polar surface area (TPSA) is 65.0 Å². The minimum absolute atomic E-state index is 0.0719. The maximum absolute atomic E-state index is 11.6. The van der Waals surface area contributed by atoms with E-state index in [1.807, 2.05) is 0 Å². The number of hydrogen-bond acceptors (Lipinski definition) is 3. The Balaban J connectivity index is 2.01. The molecule has 0 saturated carbocycles. The maximum Gasteiger partial charge on any atom is 0.211 e. The van der Waals surface area contributed by atoms with E-state index >= 15 is 0 Å². The van der Waals surface area contributed by atoms with Gasteiger partial charge in [0.2, 0.25) is 10.0 Å². The van der Waals surface area contributed by atoms with E-state index < -0.39 is 10.0 Å². The zero-order chi connectivity index (χ0) is 17.5. The van der Waals surface area contributed by atoms with Crippen LogP contribution in [0, 0.1) is 11.3 Å². The van der Waals surface area contributed by atoms with Gasteiger partial charge in [0, 0.05) is 43.7 Å². The molecule has 134 valence electrons. The van der Waals surface area contributed by atoms with Crippen molar-refractivity contribution in [3.05, 3.63) is 0 Å². The van der Waals surface area contributed by atoms with Crippen LogP contribution in [0.25, 0.3) is 0 Å². The Hall–Kier alpha value is -0.820. The molecule has 0 amide bonds. The third-order valence-electron chi connectivity index (χ3n) is 5.69. The van der Waals surface area contributed by atoms with Gasteiger partial charge < -0.3 is 10.2 Å². The second-order valence-electron chi connectivity index (χ2n) is 8.00. The highest BCUT2D eigenvalue weighted by Crippen LogP contribution is 2.46. The van der Waals surface area contributed by atoms with Gasteiger partial charge in [0.05, 0.1) is 6.26 Å². The molecule has 0 aliphatic carbocycles. The molecule has 2 aliphatic rings. The average molecular weight is 345 g/mol. The van der Waals surface area contributed by atoms with Gasteiger partial charge in [-0.25, -0.2) is 12.7 Å². The van der Waals surface area contributed by atoms with Crippen LogP contribution >= 0.6 is 0 Å². The van der Waals surface area contributed by atoms with Crippen LogP contribution in [0.15, 0.2) is 4.99 Å². The lowest BCUT2D eigenvalue weighted by Crippen LogP contribution is -2.72. The number of aliphatic imine (C=N–C) groups is 1. The van der Waals surface area contributed by atoms with Crippen molar-refractivity contribution in [2.75, 3.05) is 39.0 Å². The van der Waals surface area contributed by atoms with Crippen molar-refractivity contribution in [2.24, 2.45) is 16.3 Å². The highest BCUT2D eigenvalue weighted by molar-refractivity contribution is 7.88. The van der Waals surface area contributed by atoms with E-state index in [1.165, 1.54) is 6.26 Å². The Morgan fingerprint density at radius 2 is 1.96 bits per heavy atom. The Bertz CT molecular complexity index is 569. The average Bonchev–Trinajstić information content (AvgIpc) is 2.90. The van der Waals surface area contributed by atoms with Crippen LogP contribution in [0.1, 0.15) is 41.0 Å². The Labute approximate surface area is 141 Å². The van der Waals surface area contributed by atoms with Gasteiger partial charge in [0.1, 0.15) is 0 Å². The van der Waals surface area contributed by atoms with E-state index in [9.17, 15) is 8.42 Å². The molecule has 2 fully saturated rings. The molecular formula is C16H32N4O2S. The molecular weight excluding hydrogens is 312 g/mol. The molecule has 0 radical (unpaired) electrons. The quantitative estimate of drug-likeness (QED) is 0.618. The Morgan fingerprint density at radius 3 is 2.39 bits per heavy atom. The molecule has 0 aromatic carbocycles. The van der Waals surface area contributed by atoms with Crippen LogP contribution in [-0.2, 0) is 10.0 Å². The molecule has 2 aliphatic heterocycles. The molecule has 2 rings (SSSR count). The first-order valence-corrected chi connectivity index (χ1v) is 10.3. The molecule has 0 bridgehead atoms. The van der Waals surface area contributed by atoms with Crippen molar-refractivity contribution in [3.63, 3.8) is 0 Å². The summed E-state index contributed by atoms with van der Waals surface area (Å²) in [7, 11) is -3.07. The minimum Gasteiger partial charge on any atom is -0.356 e. The van der Waals surface area contributed by atoms with Crippen LogP contribution in [0.2, 0.25) is 0 Å². The number of likely N-dealkylation sites (tertiary alicyclic amines) is 1. The van der Waals surface area contributed by atoms with E-state index in [0.717, 1.165) is 25.5 Å². The van der Waals surface area contributed by atoms with Gasteiger partial charge in [-0.1, -0.05) is 13.8 Å². The fourth-order valence-electron chi connectivity index (χ4n) is 3.26. The lowest BCUT2D eigenvalue weighted by atomic mass is 9.65. The molecule has 6 nitrogen and oxygen atoms in total. The Morgan fingerprint density at radius 1 is 1.30 bits per heavy atom. The summed E-state index contributed by atoms with van der Waals surface area (Å²) in [5, 5.41) is 3.39. The molecule has 0 spiro atoms. The van der Waals surface area contributed by atoms with Crippen molar-refractivity contribution < 1.29 is 8.42 Å². The predicted molar refractivity (Wildman–Crippen MR) is 95.1 cm³/mol. The zero-order valence-electron chi connectivity index (χ0n) is 15.4. The smallest absolute Gasteiger partial charge is 0.211 e. The van der Waals surface area contributed by atoms with Crippen LogP contribution in [-0.4, -0.2) is 68.1 Å². The number of guanidine groups is 1. The summed E-state index contributed by atoms with van der Waals surface area (Å²) in [4.78, 5) is 7.14. The molecule has 2 heterocycles. The first-order valence-electron chi connectivity index (χ1n) is 8.50. The van der Waals surface area contributed by atoms with Gasteiger partial charge >= 0.3 is 0 Å². The maximum atomic E-state index is 11.6. The minimum atomic E-state index is -3.07. The number of sulfonamides is 1. The summed E-state index contributed by atoms with van der Waals surface area (Å²) < 4.78 is 24.8. The molecule has 7 heteroatoms. The van der Waals surface area contributed by atoms with E-state index in [4.69, 9.17) is 4.99 Å². The largest absolute Gasteiger partial charge is 0.356 e. The van der Waals surface area contributed by atoms with E-state index in [1.54, 1.807) is 4.31 Å². The van der Waals surface area contributed by atoms with Crippen molar-refractivity contribution in [2.45, 2.75) is 46.6 Å². The monoisotopic (exact) mass is 344 g/mol. The van der Waals surface area contributed by atoms with Gasteiger partial charge in [-0.15, -0.1) is 0 Å². The van der Waals surface area contributed by atoms with Crippen LogP contribution in [0.5, 0.6) is 0 Å². The van der Waals surface area contributed by atoms with E-state index in [2.05, 4.69) is 44.8 Å². The van der Waals surface area contributed by atoms with E-state index in [-0.39, 0.29) is 11.0 Å². The van der Waals surface area contributed by atoms with Gasteiger partial charge in [-0.2, -0.15) is 0 Å². The van der Waals surface area contributed by atoms with Gasteiger partial charge in [0.15, 0.2) is 5.96 Å². The molecule has 1 N–H and O–H groups in total. The summed E-state index contributed by atoms with van der Waals surface area (Å²) in [5.74, 6) is 1.27. The SMILES string of the molecule is CCNC(=NCC1CCN(S(C)(=O)=O)C1)N1CC(C)(C)C1(C)C. The fourth-order valence-corrected chi connectivity index (χ4v) is 4.18. The number of hydrogen-bond donors (Lipinski definition) is 1. The molecule has 23 heavy (non-hydrogen) atoms. The summed E-state index contributed by atoms with van der Waals surface area (Å²) >= 11 is 0. The molecule has 1 unspecified atom stereocenters. The summed E-state index contributed by atoms with van der Waals surface area (Å²) in [6.07, 6.45) is 2.18. The van der Waals surface area contributed by atoms with Crippen molar-refractivity contribution in [1.29, 1.82) is 0 Å². The standard InChI is InChI=1S/C16H32N4O2S/c1-7-17-14(20-12-15(2,3)16(20,4)5)18-10-13-8-9-19(11-13)23(6,21)22/h13H,7-12H2,1-6H3,(H,17,18). The fraction of sp³-hybridized carbons (Fsp3) is 0.938. The van der Waals surface area contributed by atoms with Crippen molar-refractivity contribution in [1.82, 2.24) is 14.5 Å². The van der Waals surface area contributed by atoms with Crippen molar-refractivity contribution in [3.8, 4) is 0 Å². The van der Waals surface area contributed by atoms with Crippen molar-refractivity contribution >= 4 is 16.0 Å². The lowest BCUT2D eigenvalue weighted by molar-refractivity contribution is -0.0667. The first kappa shape index (κ1) is 18.5. The molecule has 0 aromatic heterocycles. The molecule has 0 aromatic rings. The number of rotatable bonds is 4. The van der Waals surface area contributed by atoms with Gasteiger partial charge in [-0.3, -0.25) is 4.99 Å². The third kappa shape index (κ3) is 3.65. The summed E-state index contributed by atoms with van der Waals surface area (Å²) in [6.45, 7) is 14.9. The zero-order valence-corrected chi connectivity index (χ0v) is 16.2. The summed E-state index contributed by atoms with van der Waals surface area (Å²) in [6, 6.07) is 0. The summed E-state index contributed by atoms with van der Waals surface area (Å²) in [5.41, 5.74) is 0.339. The second-order valence-corrected chi connectivity index (χ2v) is 9.98. The normalized spacial score (nSPS) is 27.8. The van der Waals surface area contributed by atoms with E-state index in [0.29, 0.717) is 25.6 Å². The lowest BCUT2D eigenvalue weighted by Gasteiger charge is -2.62. The van der Waals surface area contributed by atoms with Crippen LogP contribution in [0.4, 0.5) is 0 Å². The Kier molecular flexibility index (Phi) is 5.02. The van der Waals surface area contributed by atoms with Gasteiger partial charge in [-0.05, 0) is 33.1 Å². The highest BCUT2D eigenvalue weighted by Gasteiger charge is 2.53. The number of nitrogens with zero attached hydrogens (tertiary/aromatic N) is 3. The molecule has 2 saturated heterocycles. The third-order valence-corrected chi connectivity index (χ3v) is 6.96. The van der Waals surface area contributed by atoms with Crippen LogP contribution < -0.4 is 5.32 Å². The highest BCUT2D eigenvalue weighted by atomic mass is 32.2. The second kappa shape index (κ2) is 6.24. The van der Waals surface area contributed by atoms with Gasteiger partial charge in [0.25, 0.3) is 0 Å². The predicted octanol–water partition coefficient (Wildman–Crippen LogP) is 1.35. The van der Waals surface area contributed by atoms with Crippen LogP contribution in [0.3, 0.4) is 0 Å².